The van der Waals surface area contributed by atoms with Crippen molar-refractivity contribution < 1.29 is 10.0 Å². The van der Waals surface area contributed by atoms with Crippen molar-refractivity contribution in [1.82, 2.24) is 4.98 Å². The molecule has 1 rings (SSSR count). The molecule has 2 N–H and O–H groups in total. The van der Waals surface area contributed by atoms with Crippen molar-refractivity contribution in [2.24, 2.45) is 0 Å². The van der Waals surface area contributed by atoms with Crippen LogP contribution in [0.2, 0.25) is 0 Å². The van der Waals surface area contributed by atoms with Crippen LogP contribution in [0.3, 0.4) is 0 Å². The maximum atomic E-state index is 8.64. The Balaban J connectivity index is 0.000000561. The molecule has 1 aromatic heterocycles. The number of aromatic nitrogens is 1. The summed E-state index contributed by atoms with van der Waals surface area (Å²) in [5, 5.41) is 17.3. The lowest BCUT2D eigenvalue weighted by molar-refractivity contribution is 0.425. The summed E-state index contributed by atoms with van der Waals surface area (Å²) < 4.78 is 0.734. The zero-order chi connectivity index (χ0) is 9.56. The second kappa shape index (κ2) is 6.17. The van der Waals surface area contributed by atoms with Crippen LogP contribution in [0.4, 0.5) is 0 Å². The molecule has 0 bridgehead atoms. The standard InChI is InChI=1S/C5H5BBrNO2.C2H6/c7-5-1-4(6(9)10)2-8-3-5;1-2/h1-3,9-10H;1-2H3. The van der Waals surface area contributed by atoms with Gasteiger partial charge in [-0.25, -0.2) is 0 Å². The van der Waals surface area contributed by atoms with Crippen LogP contribution in [0.15, 0.2) is 22.9 Å². The molecule has 0 fully saturated rings. The Bertz CT molecular complexity index is 232. The Labute approximate surface area is 80.7 Å². The summed E-state index contributed by atoms with van der Waals surface area (Å²) in [4.78, 5) is 3.74. The van der Waals surface area contributed by atoms with E-state index in [9.17, 15) is 0 Å². The Morgan fingerprint density at radius 1 is 1.33 bits per heavy atom. The SMILES string of the molecule is CC.OB(O)c1cncc(Br)c1. The Hall–Kier alpha value is -0.385. The van der Waals surface area contributed by atoms with Gasteiger partial charge in [0.25, 0.3) is 0 Å². The maximum Gasteiger partial charge on any atom is 0.490 e. The third-order valence-corrected chi connectivity index (χ3v) is 1.46. The average molecular weight is 232 g/mol. The van der Waals surface area contributed by atoms with Crippen LogP contribution in [0, 0.1) is 0 Å². The van der Waals surface area contributed by atoms with E-state index >= 15 is 0 Å². The van der Waals surface area contributed by atoms with Gasteiger partial charge in [-0.1, -0.05) is 13.8 Å². The fourth-order valence-corrected chi connectivity index (χ4v) is 0.952. The van der Waals surface area contributed by atoms with Crippen LogP contribution in [-0.4, -0.2) is 22.2 Å². The van der Waals surface area contributed by atoms with Crippen molar-refractivity contribution in [3.63, 3.8) is 0 Å². The summed E-state index contributed by atoms with van der Waals surface area (Å²) in [6.45, 7) is 4.00. The van der Waals surface area contributed by atoms with Crippen molar-refractivity contribution in [1.29, 1.82) is 0 Å². The Morgan fingerprint density at radius 3 is 2.25 bits per heavy atom. The molecule has 3 nitrogen and oxygen atoms in total. The maximum absolute atomic E-state index is 8.64. The topological polar surface area (TPSA) is 53.4 Å². The normalized spacial score (nSPS) is 8.42. The highest BCUT2D eigenvalue weighted by molar-refractivity contribution is 9.10. The fraction of sp³-hybridized carbons (Fsp3) is 0.286. The third-order valence-electron chi connectivity index (χ3n) is 1.02. The highest BCUT2D eigenvalue weighted by atomic mass is 79.9. The Morgan fingerprint density at radius 2 is 1.92 bits per heavy atom. The van der Waals surface area contributed by atoms with E-state index in [0.29, 0.717) is 5.46 Å². The molecule has 0 amide bonds. The predicted octanol–water partition coefficient (Wildman–Crippen LogP) is 0.550. The van der Waals surface area contributed by atoms with E-state index in [-0.39, 0.29) is 0 Å². The van der Waals surface area contributed by atoms with Crippen molar-refractivity contribution in [3.8, 4) is 0 Å². The van der Waals surface area contributed by atoms with Crippen LogP contribution in [0.25, 0.3) is 0 Å². The van der Waals surface area contributed by atoms with Crippen molar-refractivity contribution in [3.05, 3.63) is 22.9 Å². The van der Waals surface area contributed by atoms with Gasteiger partial charge >= 0.3 is 7.12 Å². The summed E-state index contributed by atoms with van der Waals surface area (Å²) in [6.07, 6.45) is 2.97. The number of hydrogen-bond donors (Lipinski definition) is 2. The fourth-order valence-electron chi connectivity index (χ4n) is 0.569. The predicted molar refractivity (Wildman–Crippen MR) is 53.1 cm³/mol. The molecule has 0 saturated carbocycles. The number of nitrogens with zero attached hydrogens (tertiary/aromatic N) is 1. The van der Waals surface area contributed by atoms with E-state index in [0.717, 1.165) is 4.47 Å². The zero-order valence-corrected chi connectivity index (χ0v) is 8.62. The van der Waals surface area contributed by atoms with E-state index in [2.05, 4.69) is 20.9 Å². The van der Waals surface area contributed by atoms with E-state index in [1.165, 1.54) is 6.20 Å². The molecule has 66 valence electrons. The molecule has 0 aromatic carbocycles. The van der Waals surface area contributed by atoms with Crippen LogP contribution in [-0.2, 0) is 0 Å². The second-order valence-electron chi connectivity index (χ2n) is 1.81. The molecule has 0 unspecified atom stereocenters. The lowest BCUT2D eigenvalue weighted by atomic mass is 9.82. The van der Waals surface area contributed by atoms with E-state index in [1.807, 2.05) is 13.8 Å². The van der Waals surface area contributed by atoms with Crippen molar-refractivity contribution in [2.75, 3.05) is 0 Å². The van der Waals surface area contributed by atoms with Crippen molar-refractivity contribution in [2.45, 2.75) is 13.8 Å². The monoisotopic (exact) mass is 231 g/mol. The van der Waals surface area contributed by atoms with Gasteiger partial charge in [-0.15, -0.1) is 0 Å². The molecule has 1 heterocycles. The molecule has 0 aliphatic rings. The van der Waals surface area contributed by atoms with Crippen LogP contribution >= 0.6 is 15.9 Å². The summed E-state index contributed by atoms with van der Waals surface area (Å²) in [5.41, 5.74) is 0.384. The zero-order valence-electron chi connectivity index (χ0n) is 7.03. The minimum Gasteiger partial charge on any atom is -0.423 e. The van der Waals surface area contributed by atoms with Gasteiger partial charge in [0.05, 0.1) is 0 Å². The van der Waals surface area contributed by atoms with Gasteiger partial charge in [-0.3, -0.25) is 4.98 Å². The van der Waals surface area contributed by atoms with Crippen LogP contribution < -0.4 is 5.46 Å². The van der Waals surface area contributed by atoms with Gasteiger partial charge in [-0.2, -0.15) is 0 Å². The highest BCUT2D eigenvalue weighted by Gasteiger charge is 2.10. The molecular formula is C7H11BBrNO2. The first-order chi connectivity index (χ1) is 5.70. The van der Waals surface area contributed by atoms with Crippen LogP contribution in [0.1, 0.15) is 13.8 Å². The lowest BCUT2D eigenvalue weighted by Crippen LogP contribution is -2.29. The Kier molecular flexibility index (Phi) is 5.97. The van der Waals surface area contributed by atoms with Gasteiger partial charge in [0.15, 0.2) is 0 Å². The number of pyridine rings is 1. The van der Waals surface area contributed by atoms with Gasteiger partial charge in [0, 0.05) is 22.3 Å². The minimum absolute atomic E-state index is 0.384. The molecule has 0 radical (unpaired) electrons. The third kappa shape index (κ3) is 3.85. The smallest absolute Gasteiger partial charge is 0.423 e. The number of halogens is 1. The number of hydrogen-bond acceptors (Lipinski definition) is 3. The first-order valence-corrected chi connectivity index (χ1v) is 4.46. The summed E-state index contributed by atoms with van der Waals surface area (Å²) in [6, 6.07) is 1.59. The minimum atomic E-state index is -1.44. The van der Waals surface area contributed by atoms with E-state index in [1.54, 1.807) is 12.3 Å². The molecule has 0 spiro atoms. The first-order valence-electron chi connectivity index (χ1n) is 3.67. The molecule has 1 aromatic rings. The molecule has 12 heavy (non-hydrogen) atoms. The van der Waals surface area contributed by atoms with Crippen molar-refractivity contribution >= 4 is 28.5 Å². The highest BCUT2D eigenvalue weighted by Crippen LogP contribution is 2.02. The van der Waals surface area contributed by atoms with E-state index < -0.39 is 7.12 Å². The molecule has 5 heteroatoms. The molecular weight excluding hydrogens is 221 g/mol. The largest absolute Gasteiger partial charge is 0.490 e. The van der Waals surface area contributed by atoms with E-state index in [4.69, 9.17) is 10.0 Å². The molecule has 0 aliphatic carbocycles. The second-order valence-corrected chi connectivity index (χ2v) is 2.73. The molecule has 0 atom stereocenters. The van der Waals surface area contributed by atoms with Gasteiger partial charge in [0.2, 0.25) is 0 Å². The van der Waals surface area contributed by atoms with Crippen LogP contribution in [0.5, 0.6) is 0 Å². The first kappa shape index (κ1) is 11.6. The molecule has 0 saturated heterocycles. The van der Waals surface area contributed by atoms with Gasteiger partial charge in [-0.05, 0) is 22.0 Å². The van der Waals surface area contributed by atoms with Gasteiger partial charge < -0.3 is 10.0 Å². The average Bonchev–Trinajstić information content (AvgIpc) is 2.08. The molecule has 0 aliphatic heterocycles. The quantitative estimate of drug-likeness (QED) is 0.695. The van der Waals surface area contributed by atoms with Gasteiger partial charge in [0.1, 0.15) is 0 Å². The summed E-state index contributed by atoms with van der Waals surface area (Å²) in [5.74, 6) is 0. The number of rotatable bonds is 1. The summed E-state index contributed by atoms with van der Waals surface area (Å²) in [7, 11) is -1.44. The lowest BCUT2D eigenvalue weighted by Gasteiger charge is -1.96. The summed E-state index contributed by atoms with van der Waals surface area (Å²) >= 11 is 3.15.